The predicted octanol–water partition coefficient (Wildman–Crippen LogP) is 1.92. The van der Waals surface area contributed by atoms with Crippen LogP contribution in [0.25, 0.3) is 0 Å². The lowest BCUT2D eigenvalue weighted by molar-refractivity contribution is -0.105. The van der Waals surface area contributed by atoms with E-state index < -0.39 is 0 Å². The molecule has 1 amide bonds. The van der Waals surface area contributed by atoms with Gasteiger partial charge in [-0.3, -0.25) is 4.79 Å². The number of carbonyl (C=O) groups is 1. The second-order valence-corrected chi connectivity index (χ2v) is 2.52. The molecule has 0 radical (unpaired) electrons. The summed E-state index contributed by atoms with van der Waals surface area (Å²) in [6.45, 7) is 0. The second kappa shape index (κ2) is 3.97. The van der Waals surface area contributed by atoms with Crippen LogP contribution in [0.4, 0.5) is 5.69 Å². The molecule has 0 aliphatic rings. The summed E-state index contributed by atoms with van der Waals surface area (Å²) in [4.78, 5) is 10.1. The maximum atomic E-state index is 10.1. The Morgan fingerprint density at radius 2 is 2.33 bits per heavy atom. The molecule has 64 valence electrons. The van der Waals surface area contributed by atoms with E-state index in [-0.39, 0.29) is 0 Å². The quantitative estimate of drug-likeness (QED) is 0.731. The van der Waals surface area contributed by atoms with E-state index in [4.69, 9.17) is 16.3 Å². The van der Waals surface area contributed by atoms with Crippen LogP contribution in [-0.2, 0) is 4.79 Å². The Hall–Kier alpha value is -1.22. The van der Waals surface area contributed by atoms with E-state index in [1.54, 1.807) is 18.2 Å². The monoisotopic (exact) mass is 185 g/mol. The molecule has 0 aliphatic carbocycles. The Morgan fingerprint density at radius 3 is 2.92 bits per heavy atom. The highest BCUT2D eigenvalue weighted by atomic mass is 35.5. The van der Waals surface area contributed by atoms with Gasteiger partial charge in [0.2, 0.25) is 6.41 Å². The van der Waals surface area contributed by atoms with Gasteiger partial charge in [-0.25, -0.2) is 0 Å². The zero-order chi connectivity index (χ0) is 8.97. The van der Waals surface area contributed by atoms with Crippen molar-refractivity contribution in [1.29, 1.82) is 0 Å². The summed E-state index contributed by atoms with van der Waals surface area (Å²) in [7, 11) is 1.52. The summed E-state index contributed by atoms with van der Waals surface area (Å²) in [5.41, 5.74) is 0.659. The molecule has 1 N–H and O–H groups in total. The number of hydrogen-bond donors (Lipinski definition) is 1. The maximum Gasteiger partial charge on any atom is 0.211 e. The van der Waals surface area contributed by atoms with Crippen LogP contribution in [0.1, 0.15) is 0 Å². The van der Waals surface area contributed by atoms with Gasteiger partial charge in [0.1, 0.15) is 5.75 Å². The van der Waals surface area contributed by atoms with Crippen LogP contribution in [0.5, 0.6) is 5.75 Å². The fraction of sp³-hybridized carbons (Fsp3) is 0.125. The normalized spacial score (nSPS) is 9.17. The summed E-state index contributed by atoms with van der Waals surface area (Å²) >= 11 is 5.76. The van der Waals surface area contributed by atoms with Crippen LogP contribution in [0, 0.1) is 0 Å². The summed E-state index contributed by atoms with van der Waals surface area (Å²) in [5.74, 6) is 0.545. The molecule has 1 aromatic carbocycles. The van der Waals surface area contributed by atoms with Crippen LogP contribution >= 0.6 is 11.6 Å². The van der Waals surface area contributed by atoms with Crippen LogP contribution in [0.2, 0.25) is 5.02 Å². The van der Waals surface area contributed by atoms with Crippen molar-refractivity contribution in [3.63, 3.8) is 0 Å². The number of carbonyl (C=O) groups excluding carboxylic acids is 1. The highest BCUT2D eigenvalue weighted by Crippen LogP contribution is 2.26. The van der Waals surface area contributed by atoms with Gasteiger partial charge in [0.05, 0.1) is 12.1 Å². The lowest BCUT2D eigenvalue weighted by Crippen LogP contribution is -1.94. The lowest BCUT2D eigenvalue weighted by atomic mass is 10.3. The minimum Gasteiger partial charge on any atom is -0.495 e. The fourth-order valence-corrected chi connectivity index (χ4v) is 1.01. The molecular weight excluding hydrogens is 178 g/mol. The Bertz CT molecular complexity index is 288. The molecule has 4 heteroatoms. The average molecular weight is 186 g/mol. The standard InChI is InChI=1S/C8H8ClNO2/c1-12-8-4-6(10-5-11)2-3-7(8)9/h2-5H,1H3,(H,10,11). The van der Waals surface area contributed by atoms with E-state index in [2.05, 4.69) is 5.32 Å². The first-order chi connectivity index (χ1) is 5.77. The number of anilines is 1. The van der Waals surface area contributed by atoms with E-state index >= 15 is 0 Å². The molecule has 1 aromatic rings. The van der Waals surface area contributed by atoms with Crippen molar-refractivity contribution in [3.8, 4) is 5.75 Å². The van der Waals surface area contributed by atoms with Crippen molar-refractivity contribution in [2.75, 3.05) is 12.4 Å². The van der Waals surface area contributed by atoms with Gasteiger partial charge in [-0.05, 0) is 12.1 Å². The van der Waals surface area contributed by atoms with E-state index in [9.17, 15) is 4.79 Å². The SMILES string of the molecule is COc1cc(NC=O)ccc1Cl. The van der Waals surface area contributed by atoms with Crippen LogP contribution in [0.3, 0.4) is 0 Å². The van der Waals surface area contributed by atoms with Crippen molar-refractivity contribution < 1.29 is 9.53 Å². The molecule has 0 spiro atoms. The highest BCUT2D eigenvalue weighted by molar-refractivity contribution is 6.32. The molecule has 0 unspecified atom stereocenters. The summed E-state index contributed by atoms with van der Waals surface area (Å²) < 4.78 is 4.94. The minimum atomic E-state index is 0.522. The van der Waals surface area contributed by atoms with Crippen LogP contribution in [0.15, 0.2) is 18.2 Å². The number of halogens is 1. The number of nitrogens with one attached hydrogen (secondary N) is 1. The summed E-state index contributed by atoms with van der Waals surface area (Å²) in [6, 6.07) is 5.00. The molecule has 0 atom stereocenters. The van der Waals surface area contributed by atoms with Gasteiger partial charge < -0.3 is 10.1 Å². The molecule has 0 saturated carbocycles. The largest absolute Gasteiger partial charge is 0.495 e. The third kappa shape index (κ3) is 1.89. The van der Waals surface area contributed by atoms with Gasteiger partial charge in [-0.15, -0.1) is 0 Å². The molecule has 3 nitrogen and oxygen atoms in total. The topological polar surface area (TPSA) is 38.3 Å². The minimum absolute atomic E-state index is 0.522. The first-order valence-corrected chi connectivity index (χ1v) is 3.69. The van der Waals surface area contributed by atoms with Gasteiger partial charge >= 0.3 is 0 Å². The number of ether oxygens (including phenoxy) is 1. The number of methoxy groups -OCH3 is 1. The zero-order valence-electron chi connectivity index (χ0n) is 6.50. The number of rotatable bonds is 3. The Balaban J connectivity index is 2.96. The maximum absolute atomic E-state index is 10.1. The molecule has 0 bridgehead atoms. The molecule has 0 fully saturated rings. The summed E-state index contributed by atoms with van der Waals surface area (Å²) in [5, 5.41) is 3.01. The van der Waals surface area contributed by atoms with Gasteiger partial charge in [-0.1, -0.05) is 11.6 Å². The number of hydrogen-bond acceptors (Lipinski definition) is 2. The van der Waals surface area contributed by atoms with Crippen molar-refractivity contribution in [2.45, 2.75) is 0 Å². The van der Waals surface area contributed by atoms with Gasteiger partial charge in [0.25, 0.3) is 0 Å². The van der Waals surface area contributed by atoms with Crippen molar-refractivity contribution in [1.82, 2.24) is 0 Å². The molecule has 0 saturated heterocycles. The molecule has 0 heterocycles. The van der Waals surface area contributed by atoms with E-state index in [0.717, 1.165) is 0 Å². The lowest BCUT2D eigenvalue weighted by Gasteiger charge is -2.04. The molecular formula is C8H8ClNO2. The second-order valence-electron chi connectivity index (χ2n) is 2.11. The third-order valence-corrected chi connectivity index (χ3v) is 1.69. The smallest absolute Gasteiger partial charge is 0.211 e. The van der Waals surface area contributed by atoms with Gasteiger partial charge in [-0.2, -0.15) is 0 Å². The number of amides is 1. The third-order valence-electron chi connectivity index (χ3n) is 1.38. The fourth-order valence-electron chi connectivity index (χ4n) is 0.818. The average Bonchev–Trinajstić information content (AvgIpc) is 2.09. The van der Waals surface area contributed by atoms with E-state index in [0.29, 0.717) is 22.9 Å². The van der Waals surface area contributed by atoms with Crippen molar-refractivity contribution >= 4 is 23.7 Å². The van der Waals surface area contributed by atoms with Gasteiger partial charge in [0.15, 0.2) is 0 Å². The number of benzene rings is 1. The first-order valence-electron chi connectivity index (χ1n) is 3.31. The van der Waals surface area contributed by atoms with Crippen molar-refractivity contribution in [2.24, 2.45) is 0 Å². The Morgan fingerprint density at radius 1 is 1.58 bits per heavy atom. The van der Waals surface area contributed by atoms with Crippen LogP contribution in [-0.4, -0.2) is 13.5 Å². The Kier molecular flexibility index (Phi) is 2.94. The molecule has 12 heavy (non-hydrogen) atoms. The molecule has 1 rings (SSSR count). The van der Waals surface area contributed by atoms with Crippen LogP contribution < -0.4 is 10.1 Å². The first kappa shape index (κ1) is 8.87. The van der Waals surface area contributed by atoms with Gasteiger partial charge in [0, 0.05) is 11.8 Å². The molecule has 0 aliphatic heterocycles. The van der Waals surface area contributed by atoms with E-state index in [1.165, 1.54) is 7.11 Å². The molecule has 0 aromatic heterocycles. The zero-order valence-corrected chi connectivity index (χ0v) is 7.26. The summed E-state index contributed by atoms with van der Waals surface area (Å²) in [6.07, 6.45) is 0.600. The predicted molar refractivity (Wildman–Crippen MR) is 47.7 cm³/mol. The highest BCUT2D eigenvalue weighted by Gasteiger charge is 2.00. The van der Waals surface area contributed by atoms with E-state index in [1.807, 2.05) is 0 Å². The Labute approximate surface area is 75.3 Å². The van der Waals surface area contributed by atoms with Crippen molar-refractivity contribution in [3.05, 3.63) is 23.2 Å².